The molecule has 0 aliphatic carbocycles. The fourth-order valence-corrected chi connectivity index (χ4v) is 6.98. The van der Waals surface area contributed by atoms with Crippen LogP contribution in [0.3, 0.4) is 0 Å². The first-order chi connectivity index (χ1) is 18.8. The minimum Gasteiger partial charge on any atom is -0.370 e. The summed E-state index contributed by atoms with van der Waals surface area (Å²) in [7, 11) is 0. The Bertz CT molecular complexity index is 1750. The van der Waals surface area contributed by atoms with E-state index in [1.807, 2.05) is 53.8 Å². The Morgan fingerprint density at radius 3 is 2.69 bits per heavy atom. The fraction of sp³-hybridized carbons (Fsp3) is 0.310. The first-order valence-corrected chi connectivity index (χ1v) is 14.7. The van der Waals surface area contributed by atoms with Gasteiger partial charge in [-0.25, -0.2) is 4.40 Å². The number of carbonyl (C=O) groups is 1. The average Bonchev–Trinajstić information content (AvgIpc) is 3.50. The first-order valence-electron chi connectivity index (χ1n) is 12.9. The lowest BCUT2D eigenvalue weighted by molar-refractivity contribution is -0.113. The number of hydrogen-bond donors (Lipinski definition) is 1. The highest BCUT2D eigenvalue weighted by Crippen LogP contribution is 2.38. The van der Waals surface area contributed by atoms with E-state index in [-0.39, 0.29) is 22.8 Å². The number of ether oxygens (including phenoxy) is 1. The molecule has 8 nitrogen and oxygen atoms in total. The van der Waals surface area contributed by atoms with Gasteiger partial charge in [-0.05, 0) is 49.9 Å². The third-order valence-electron chi connectivity index (χ3n) is 7.01. The number of aryl methyl sites for hydroxylation is 3. The molecule has 5 aromatic rings. The molecule has 10 heteroatoms. The van der Waals surface area contributed by atoms with Gasteiger partial charge in [0.25, 0.3) is 5.56 Å². The smallest absolute Gasteiger partial charge is 0.263 e. The van der Waals surface area contributed by atoms with Crippen LogP contribution in [-0.2, 0) is 35.5 Å². The number of carbonyl (C=O) groups excluding carboxylic acids is 1. The van der Waals surface area contributed by atoms with Crippen molar-refractivity contribution in [1.29, 1.82) is 0 Å². The Labute approximate surface area is 234 Å². The van der Waals surface area contributed by atoms with Crippen LogP contribution in [0.4, 0.5) is 5.69 Å². The van der Waals surface area contributed by atoms with E-state index in [1.54, 1.807) is 15.9 Å². The summed E-state index contributed by atoms with van der Waals surface area (Å²) in [5.41, 5.74) is 3.59. The Morgan fingerprint density at radius 1 is 1.13 bits per heavy atom. The van der Waals surface area contributed by atoms with Crippen LogP contribution in [0.5, 0.6) is 0 Å². The van der Waals surface area contributed by atoms with E-state index in [0.29, 0.717) is 42.3 Å². The zero-order valence-corrected chi connectivity index (χ0v) is 23.7. The van der Waals surface area contributed by atoms with Crippen molar-refractivity contribution in [3.8, 4) is 0 Å². The van der Waals surface area contributed by atoms with Crippen molar-refractivity contribution < 1.29 is 9.53 Å². The molecule has 0 spiro atoms. The summed E-state index contributed by atoms with van der Waals surface area (Å²) >= 11 is 2.87. The van der Waals surface area contributed by atoms with Gasteiger partial charge in [0.05, 0.1) is 23.3 Å². The molecular weight excluding hydrogens is 530 g/mol. The number of rotatable bonds is 7. The lowest BCUT2D eigenvalue weighted by atomic mass is 9.94. The van der Waals surface area contributed by atoms with Gasteiger partial charge in [-0.2, -0.15) is 0 Å². The summed E-state index contributed by atoms with van der Waals surface area (Å²) in [5, 5.41) is 13.2. The highest BCUT2D eigenvalue weighted by molar-refractivity contribution is 7.99. The quantitative estimate of drug-likeness (QED) is 0.274. The third-order valence-corrected chi connectivity index (χ3v) is 9.13. The Hall–Kier alpha value is -3.47. The van der Waals surface area contributed by atoms with Crippen molar-refractivity contribution in [1.82, 2.24) is 19.2 Å². The van der Waals surface area contributed by atoms with Gasteiger partial charge in [-0.1, -0.05) is 60.3 Å². The van der Waals surface area contributed by atoms with Crippen LogP contribution < -0.4 is 10.9 Å². The van der Waals surface area contributed by atoms with Crippen molar-refractivity contribution in [2.45, 2.75) is 57.5 Å². The number of amides is 1. The molecule has 1 N–H and O–H groups in total. The maximum Gasteiger partial charge on any atom is 0.263 e. The van der Waals surface area contributed by atoms with Gasteiger partial charge in [-0.3, -0.25) is 14.2 Å². The van der Waals surface area contributed by atoms with Crippen molar-refractivity contribution in [2.75, 3.05) is 11.1 Å². The molecular formula is C29H29N5O3S2. The second-order valence-corrected chi connectivity index (χ2v) is 12.4. The van der Waals surface area contributed by atoms with E-state index in [9.17, 15) is 9.59 Å². The van der Waals surface area contributed by atoms with E-state index >= 15 is 0 Å². The van der Waals surface area contributed by atoms with Crippen LogP contribution >= 0.6 is 23.1 Å². The molecule has 2 aromatic carbocycles. The van der Waals surface area contributed by atoms with Gasteiger partial charge >= 0.3 is 0 Å². The second-order valence-electron chi connectivity index (χ2n) is 10.4. The number of anilines is 1. The molecule has 39 heavy (non-hydrogen) atoms. The predicted octanol–water partition coefficient (Wildman–Crippen LogP) is 5.24. The van der Waals surface area contributed by atoms with E-state index < -0.39 is 0 Å². The van der Waals surface area contributed by atoms with Gasteiger partial charge in [0.2, 0.25) is 11.7 Å². The Balaban J connectivity index is 1.40. The van der Waals surface area contributed by atoms with Crippen molar-refractivity contribution in [3.63, 3.8) is 0 Å². The number of hydrogen-bond acceptors (Lipinski definition) is 7. The molecule has 0 bridgehead atoms. The van der Waals surface area contributed by atoms with Gasteiger partial charge < -0.3 is 10.1 Å². The minimum absolute atomic E-state index is 0.0510. The van der Waals surface area contributed by atoms with Gasteiger partial charge in [-0.15, -0.1) is 21.5 Å². The summed E-state index contributed by atoms with van der Waals surface area (Å²) in [4.78, 5) is 28.7. The van der Waals surface area contributed by atoms with Gasteiger partial charge in [0.15, 0.2) is 5.16 Å². The van der Waals surface area contributed by atoms with E-state index in [1.165, 1.54) is 11.8 Å². The number of nitrogens with one attached hydrogen (secondary N) is 1. The van der Waals surface area contributed by atoms with Crippen molar-refractivity contribution in [2.24, 2.45) is 0 Å². The Kier molecular flexibility index (Phi) is 6.78. The molecule has 0 unspecified atom stereocenters. The molecule has 4 heterocycles. The monoisotopic (exact) mass is 559 g/mol. The van der Waals surface area contributed by atoms with Gasteiger partial charge in [0.1, 0.15) is 4.83 Å². The first kappa shape index (κ1) is 25.8. The molecule has 6 rings (SSSR count). The standard InChI is InChI=1S/C29H29N5O3S2/c1-18-9-7-8-12-21(18)30-23(35)17-38-28-32-31-27-33(14-13-19-10-5-4-6-11-19)25(36)24-20-15-29(2,3)37-16-22(20)39-26(24)34(27)28/h4-12H,13-17H2,1-3H3,(H,30,35). The molecule has 1 aliphatic heterocycles. The zero-order chi connectivity index (χ0) is 27.1. The van der Waals surface area contributed by atoms with E-state index in [2.05, 4.69) is 41.5 Å². The summed E-state index contributed by atoms with van der Waals surface area (Å²) in [6, 6.07) is 17.8. The molecule has 3 aromatic heterocycles. The highest BCUT2D eigenvalue weighted by Gasteiger charge is 2.32. The van der Waals surface area contributed by atoms with Crippen LogP contribution in [-0.4, -0.2) is 36.4 Å². The predicted molar refractivity (Wildman–Crippen MR) is 156 cm³/mol. The zero-order valence-electron chi connectivity index (χ0n) is 22.1. The number of nitrogens with zero attached hydrogens (tertiary/aromatic N) is 4. The van der Waals surface area contributed by atoms with Crippen LogP contribution in [0.25, 0.3) is 16.0 Å². The normalized spacial score (nSPS) is 14.5. The average molecular weight is 560 g/mol. The third kappa shape index (κ3) is 4.99. The van der Waals surface area contributed by atoms with Crippen LogP contribution in [0.2, 0.25) is 0 Å². The van der Waals surface area contributed by atoms with Gasteiger partial charge in [0, 0.05) is 23.5 Å². The maximum absolute atomic E-state index is 14.0. The minimum atomic E-state index is -0.351. The summed E-state index contributed by atoms with van der Waals surface area (Å²) in [6.07, 6.45) is 1.35. The number of thiophene rings is 1. The van der Waals surface area contributed by atoms with Crippen molar-refractivity contribution >= 4 is 50.7 Å². The molecule has 0 radical (unpaired) electrons. The number of thioether (sulfide) groups is 1. The molecule has 1 amide bonds. The summed E-state index contributed by atoms with van der Waals surface area (Å²) < 4.78 is 9.75. The second kappa shape index (κ2) is 10.3. The molecule has 1 aliphatic rings. The Morgan fingerprint density at radius 2 is 1.90 bits per heavy atom. The maximum atomic E-state index is 14.0. The molecule has 0 saturated heterocycles. The lowest BCUT2D eigenvalue weighted by Gasteiger charge is -2.29. The topological polar surface area (TPSA) is 90.5 Å². The molecule has 200 valence electrons. The highest BCUT2D eigenvalue weighted by atomic mass is 32.2. The number of benzene rings is 2. The number of para-hydroxylation sites is 1. The van der Waals surface area contributed by atoms with Crippen LogP contribution in [0.15, 0.2) is 64.5 Å². The number of aromatic nitrogens is 4. The molecule has 0 atom stereocenters. The van der Waals surface area contributed by atoms with Crippen LogP contribution in [0, 0.1) is 6.92 Å². The SMILES string of the molecule is Cc1ccccc1NC(=O)CSc1nnc2n(CCc3ccccc3)c(=O)c3c4c(sc3n12)COC(C)(C)C4. The fourth-order valence-electron chi connectivity index (χ4n) is 4.97. The summed E-state index contributed by atoms with van der Waals surface area (Å²) in [5.74, 6) is 0.533. The summed E-state index contributed by atoms with van der Waals surface area (Å²) in [6.45, 7) is 7.02. The molecule has 0 fully saturated rings. The van der Waals surface area contributed by atoms with E-state index in [0.717, 1.165) is 32.1 Å². The largest absolute Gasteiger partial charge is 0.370 e. The van der Waals surface area contributed by atoms with E-state index in [4.69, 9.17) is 4.74 Å². The molecule has 0 saturated carbocycles. The van der Waals surface area contributed by atoms with Crippen LogP contribution in [0.1, 0.15) is 35.4 Å². The van der Waals surface area contributed by atoms with Crippen molar-refractivity contribution in [3.05, 3.63) is 86.5 Å². The lowest BCUT2D eigenvalue weighted by Crippen LogP contribution is -2.32. The number of fused-ring (bicyclic) bond motifs is 5.